The molecule has 0 amide bonds. The van der Waals surface area contributed by atoms with Crippen molar-refractivity contribution in [3.63, 3.8) is 0 Å². The summed E-state index contributed by atoms with van der Waals surface area (Å²) in [5, 5.41) is 0. The summed E-state index contributed by atoms with van der Waals surface area (Å²) >= 11 is 0. The van der Waals surface area contributed by atoms with Crippen LogP contribution in [0.5, 0.6) is 0 Å². The maximum Gasteiger partial charge on any atom is 0.198 e. The number of hydrogen-bond donors (Lipinski definition) is 0. The number of halogens is 5. The highest BCUT2D eigenvalue weighted by Crippen LogP contribution is 2.33. The van der Waals surface area contributed by atoms with Crippen LogP contribution in [-0.2, 0) is 0 Å². The van der Waals surface area contributed by atoms with Crippen molar-refractivity contribution in [2.45, 2.75) is 11.8 Å². The van der Waals surface area contributed by atoms with Crippen LogP contribution in [0.1, 0.15) is 5.56 Å². The van der Waals surface area contributed by atoms with Gasteiger partial charge in [-0.1, -0.05) is 0 Å². The Morgan fingerprint density at radius 2 is 1.38 bits per heavy atom. The zero-order chi connectivity index (χ0) is 10.2. The molecule has 1 aromatic carbocycles. The van der Waals surface area contributed by atoms with Crippen LogP contribution in [0.2, 0.25) is 0 Å². The second kappa shape index (κ2) is 3.75. The van der Waals surface area contributed by atoms with Crippen molar-refractivity contribution in [1.82, 2.24) is 0 Å². The molecule has 0 saturated carbocycles. The van der Waals surface area contributed by atoms with E-state index < -0.39 is 28.2 Å². The first kappa shape index (κ1) is 10.7. The number of benzene rings is 1. The molecule has 0 heterocycles. The van der Waals surface area contributed by atoms with Crippen LogP contribution in [0.3, 0.4) is 0 Å². The molecule has 0 aliphatic heterocycles. The van der Waals surface area contributed by atoms with Crippen LogP contribution < -0.4 is 0 Å². The van der Waals surface area contributed by atoms with Crippen LogP contribution in [0.25, 0.3) is 0 Å². The van der Waals surface area contributed by atoms with E-state index in [4.69, 9.17) is 10.7 Å². The summed E-state index contributed by atoms with van der Waals surface area (Å²) in [4.78, 5) is -0.432. The third-order valence-corrected chi connectivity index (χ3v) is 2.63. The molecule has 0 saturated heterocycles. The van der Waals surface area contributed by atoms with Crippen LogP contribution in [0.15, 0.2) is 4.90 Å². The van der Waals surface area contributed by atoms with Crippen molar-refractivity contribution < 1.29 is 17.6 Å². The Kier molecular flexibility index (Phi) is 3.08. The molecule has 0 aliphatic carbocycles. The van der Waals surface area contributed by atoms with E-state index in [1.807, 2.05) is 0 Å². The Balaban J connectivity index is 3.56. The first-order valence-electron chi connectivity index (χ1n) is 3.11. The fraction of sp³-hybridized carbons (Fsp3) is 0.143. The molecule has 6 heteroatoms. The zero-order valence-corrected chi connectivity index (χ0v) is 7.87. The fourth-order valence-corrected chi connectivity index (χ4v) is 1.73. The summed E-state index contributed by atoms with van der Waals surface area (Å²) < 4.78 is 50.7. The molecule has 13 heavy (non-hydrogen) atoms. The molecule has 0 radical (unpaired) electrons. The molecule has 0 atom stereocenters. The lowest BCUT2D eigenvalue weighted by atomic mass is 10.2. The third kappa shape index (κ3) is 1.62. The van der Waals surface area contributed by atoms with Gasteiger partial charge in [0.25, 0.3) is 0 Å². The van der Waals surface area contributed by atoms with Crippen LogP contribution in [0.4, 0.5) is 17.6 Å². The van der Waals surface area contributed by atoms with Crippen molar-refractivity contribution in [3.8, 4) is 0 Å². The SMILES string of the molecule is Cc1c(F)c(F)c(F)c(F)c1SCl. The van der Waals surface area contributed by atoms with Gasteiger partial charge in [0.2, 0.25) is 0 Å². The topological polar surface area (TPSA) is 0 Å². The summed E-state index contributed by atoms with van der Waals surface area (Å²) in [6.45, 7) is 1.12. The first-order valence-corrected chi connectivity index (χ1v) is 4.76. The molecule has 0 unspecified atom stereocenters. The Hall–Kier alpha value is -0.420. The minimum atomic E-state index is -1.84. The molecule has 1 rings (SSSR count). The van der Waals surface area contributed by atoms with E-state index in [9.17, 15) is 17.6 Å². The largest absolute Gasteiger partial charge is 0.203 e. The predicted molar refractivity (Wildman–Crippen MR) is 42.7 cm³/mol. The van der Waals surface area contributed by atoms with Crippen LogP contribution >= 0.6 is 21.7 Å². The standard InChI is InChI=1S/C7H3ClF4S/c1-2-3(9)4(10)5(11)6(12)7(2)13-8/h1H3. The summed E-state index contributed by atoms with van der Waals surface area (Å²) in [5.41, 5.74) is -0.337. The molecule has 0 fully saturated rings. The number of hydrogen-bond acceptors (Lipinski definition) is 1. The maximum atomic E-state index is 12.8. The minimum absolute atomic E-state index is 0.310. The summed E-state index contributed by atoms with van der Waals surface area (Å²) in [5.74, 6) is -6.53. The van der Waals surface area contributed by atoms with Gasteiger partial charge in [-0.2, -0.15) is 0 Å². The summed E-state index contributed by atoms with van der Waals surface area (Å²) in [7, 11) is 5.46. The van der Waals surface area contributed by atoms with Crippen LogP contribution in [-0.4, -0.2) is 0 Å². The van der Waals surface area contributed by atoms with Gasteiger partial charge in [-0.05, 0) is 28.6 Å². The predicted octanol–water partition coefficient (Wildman–Crippen LogP) is 3.80. The Morgan fingerprint density at radius 1 is 0.923 bits per heavy atom. The first-order chi connectivity index (χ1) is 6.00. The minimum Gasteiger partial charge on any atom is -0.203 e. The van der Waals surface area contributed by atoms with Gasteiger partial charge in [-0.25, -0.2) is 17.6 Å². The Morgan fingerprint density at radius 3 is 1.85 bits per heavy atom. The molecular formula is C7H3ClF4S. The monoisotopic (exact) mass is 230 g/mol. The normalized spacial score (nSPS) is 10.6. The van der Waals surface area contributed by atoms with Gasteiger partial charge in [0.15, 0.2) is 23.3 Å². The molecule has 0 aliphatic rings. The second-order valence-electron chi connectivity index (χ2n) is 2.29. The van der Waals surface area contributed by atoms with Gasteiger partial charge < -0.3 is 0 Å². The quantitative estimate of drug-likeness (QED) is 0.402. The summed E-state index contributed by atoms with van der Waals surface area (Å²) in [6.07, 6.45) is 0. The van der Waals surface area contributed by atoms with E-state index in [2.05, 4.69) is 0 Å². The Labute approximate surface area is 80.4 Å². The molecule has 0 N–H and O–H groups in total. The van der Waals surface area contributed by atoms with Gasteiger partial charge in [0, 0.05) is 5.56 Å². The van der Waals surface area contributed by atoms with Crippen molar-refractivity contribution in [3.05, 3.63) is 28.8 Å². The van der Waals surface area contributed by atoms with Gasteiger partial charge in [-0.3, -0.25) is 0 Å². The maximum absolute atomic E-state index is 12.8. The zero-order valence-electron chi connectivity index (χ0n) is 6.30. The highest BCUT2D eigenvalue weighted by molar-refractivity contribution is 8.21. The molecule has 72 valence electrons. The molecule has 0 nitrogen and oxygen atoms in total. The summed E-state index contributed by atoms with van der Waals surface area (Å²) in [6, 6.07) is 0. The van der Waals surface area contributed by atoms with Crippen molar-refractivity contribution in [2.24, 2.45) is 0 Å². The highest BCUT2D eigenvalue weighted by atomic mass is 35.7. The number of rotatable bonds is 1. The van der Waals surface area contributed by atoms with Gasteiger partial charge >= 0.3 is 0 Å². The average molecular weight is 231 g/mol. The van der Waals surface area contributed by atoms with E-state index in [0.29, 0.717) is 11.0 Å². The molecular weight excluding hydrogens is 228 g/mol. The van der Waals surface area contributed by atoms with Crippen LogP contribution in [0, 0.1) is 30.2 Å². The average Bonchev–Trinajstić information content (AvgIpc) is 2.13. The highest BCUT2D eigenvalue weighted by Gasteiger charge is 2.22. The fourth-order valence-electron chi connectivity index (χ4n) is 0.813. The molecule has 0 spiro atoms. The Bertz CT molecular complexity index is 324. The van der Waals surface area contributed by atoms with Crippen molar-refractivity contribution in [2.75, 3.05) is 0 Å². The van der Waals surface area contributed by atoms with Crippen molar-refractivity contribution in [1.29, 1.82) is 0 Å². The van der Waals surface area contributed by atoms with E-state index in [0.717, 1.165) is 6.92 Å². The lowest BCUT2D eigenvalue weighted by molar-refractivity contribution is 0.394. The van der Waals surface area contributed by atoms with Gasteiger partial charge in [0.05, 0.1) is 4.90 Å². The van der Waals surface area contributed by atoms with E-state index in [-0.39, 0.29) is 5.56 Å². The van der Waals surface area contributed by atoms with E-state index in [1.54, 1.807) is 0 Å². The van der Waals surface area contributed by atoms with E-state index >= 15 is 0 Å². The van der Waals surface area contributed by atoms with Crippen molar-refractivity contribution >= 4 is 21.7 Å². The lowest BCUT2D eigenvalue weighted by Crippen LogP contribution is -2.01. The van der Waals surface area contributed by atoms with Gasteiger partial charge in [0.1, 0.15) is 0 Å². The van der Waals surface area contributed by atoms with Gasteiger partial charge in [-0.15, -0.1) is 0 Å². The third-order valence-electron chi connectivity index (χ3n) is 1.52. The second-order valence-corrected chi connectivity index (χ2v) is 3.31. The molecule has 0 bridgehead atoms. The molecule has 0 aromatic heterocycles. The van der Waals surface area contributed by atoms with E-state index in [1.165, 1.54) is 0 Å². The molecule has 1 aromatic rings. The lowest BCUT2D eigenvalue weighted by Gasteiger charge is -2.05. The smallest absolute Gasteiger partial charge is 0.198 e.